The van der Waals surface area contributed by atoms with Gasteiger partial charge in [0.1, 0.15) is 5.82 Å². The Bertz CT molecular complexity index is 300. The molecular formula is C10H13IN2O. The van der Waals surface area contributed by atoms with Crippen LogP contribution in [-0.2, 0) is 4.74 Å². The molecule has 0 aromatic carbocycles. The molecule has 1 aliphatic rings. The van der Waals surface area contributed by atoms with Gasteiger partial charge in [0.05, 0.1) is 10.2 Å². The molecule has 1 aliphatic heterocycles. The maximum atomic E-state index is 5.31. The van der Waals surface area contributed by atoms with E-state index in [1.165, 1.54) is 3.57 Å². The van der Waals surface area contributed by atoms with Gasteiger partial charge in [-0.25, -0.2) is 4.98 Å². The molecule has 1 unspecified atom stereocenters. The number of aromatic nitrogens is 1. The van der Waals surface area contributed by atoms with E-state index in [2.05, 4.69) is 39.0 Å². The number of nitrogens with one attached hydrogen (secondary N) is 1. The fourth-order valence-corrected chi connectivity index (χ4v) is 2.04. The molecule has 0 spiro atoms. The lowest BCUT2D eigenvalue weighted by Gasteiger charge is -2.10. The summed E-state index contributed by atoms with van der Waals surface area (Å²) in [5, 5.41) is 3.36. The molecule has 0 aliphatic carbocycles. The van der Waals surface area contributed by atoms with Crippen LogP contribution >= 0.6 is 22.6 Å². The van der Waals surface area contributed by atoms with Gasteiger partial charge in [-0.1, -0.05) is 0 Å². The van der Waals surface area contributed by atoms with Gasteiger partial charge in [-0.3, -0.25) is 0 Å². The zero-order chi connectivity index (χ0) is 9.80. The molecule has 1 atom stereocenters. The molecule has 1 saturated heterocycles. The van der Waals surface area contributed by atoms with Gasteiger partial charge in [0.2, 0.25) is 0 Å². The van der Waals surface area contributed by atoms with Gasteiger partial charge in [-0.05, 0) is 41.1 Å². The second-order valence-corrected chi connectivity index (χ2v) is 4.61. The first-order valence-corrected chi connectivity index (χ1v) is 5.86. The summed E-state index contributed by atoms with van der Waals surface area (Å²) in [7, 11) is 0. The van der Waals surface area contributed by atoms with E-state index < -0.39 is 0 Å². The van der Waals surface area contributed by atoms with Gasteiger partial charge in [-0.15, -0.1) is 0 Å². The quantitative estimate of drug-likeness (QED) is 0.869. The van der Waals surface area contributed by atoms with E-state index in [1.54, 1.807) is 0 Å². The zero-order valence-corrected chi connectivity index (χ0v) is 10.0. The molecule has 0 bridgehead atoms. The van der Waals surface area contributed by atoms with Gasteiger partial charge < -0.3 is 10.1 Å². The van der Waals surface area contributed by atoms with Crippen LogP contribution in [0.2, 0.25) is 0 Å². The normalized spacial score (nSPS) is 21.1. The van der Waals surface area contributed by atoms with Crippen LogP contribution in [0.15, 0.2) is 18.3 Å². The van der Waals surface area contributed by atoms with Crippen LogP contribution in [0.25, 0.3) is 0 Å². The van der Waals surface area contributed by atoms with Crippen LogP contribution in [0.3, 0.4) is 0 Å². The Morgan fingerprint density at radius 1 is 1.64 bits per heavy atom. The molecule has 2 rings (SSSR count). The third-order valence-electron chi connectivity index (χ3n) is 2.34. The molecule has 0 saturated carbocycles. The molecule has 3 nitrogen and oxygen atoms in total. The van der Waals surface area contributed by atoms with E-state index in [4.69, 9.17) is 4.74 Å². The van der Waals surface area contributed by atoms with E-state index in [-0.39, 0.29) is 0 Å². The monoisotopic (exact) mass is 304 g/mol. The fourth-order valence-electron chi connectivity index (χ4n) is 1.50. The van der Waals surface area contributed by atoms with Gasteiger partial charge in [0, 0.05) is 25.3 Å². The van der Waals surface area contributed by atoms with Crippen molar-refractivity contribution in [1.82, 2.24) is 4.98 Å². The minimum Gasteiger partial charge on any atom is -0.381 e. The minimum absolute atomic E-state index is 0.646. The number of halogens is 1. The van der Waals surface area contributed by atoms with Crippen molar-refractivity contribution in [2.24, 2.45) is 5.92 Å². The highest BCUT2D eigenvalue weighted by Gasteiger charge is 2.15. The van der Waals surface area contributed by atoms with Crippen molar-refractivity contribution in [3.63, 3.8) is 0 Å². The molecule has 1 fully saturated rings. The van der Waals surface area contributed by atoms with Crippen LogP contribution < -0.4 is 5.32 Å². The first-order chi connectivity index (χ1) is 6.86. The topological polar surface area (TPSA) is 34.2 Å². The summed E-state index contributed by atoms with van der Waals surface area (Å²) >= 11 is 2.29. The molecule has 14 heavy (non-hydrogen) atoms. The lowest BCUT2D eigenvalue weighted by atomic mass is 10.1. The van der Waals surface area contributed by atoms with Crippen LogP contribution in [0.5, 0.6) is 0 Å². The van der Waals surface area contributed by atoms with Crippen molar-refractivity contribution < 1.29 is 4.74 Å². The number of rotatable bonds is 3. The first kappa shape index (κ1) is 10.2. The summed E-state index contributed by atoms with van der Waals surface area (Å²) in [6.45, 7) is 2.76. The Kier molecular flexibility index (Phi) is 3.58. The van der Waals surface area contributed by atoms with Crippen molar-refractivity contribution in [1.29, 1.82) is 0 Å². The average molecular weight is 304 g/mol. The Labute approximate surface area is 97.4 Å². The molecule has 76 valence electrons. The number of pyridine rings is 1. The molecule has 1 N–H and O–H groups in total. The molecule has 1 aromatic heterocycles. The maximum absolute atomic E-state index is 5.31. The Balaban J connectivity index is 1.88. The van der Waals surface area contributed by atoms with Gasteiger partial charge in [0.15, 0.2) is 0 Å². The highest BCUT2D eigenvalue weighted by molar-refractivity contribution is 14.1. The zero-order valence-electron chi connectivity index (χ0n) is 7.87. The number of hydrogen-bond donors (Lipinski definition) is 1. The van der Waals surface area contributed by atoms with Crippen molar-refractivity contribution in [2.45, 2.75) is 6.42 Å². The lowest BCUT2D eigenvalue weighted by Crippen LogP contribution is -2.15. The summed E-state index contributed by atoms with van der Waals surface area (Å²) in [5.74, 6) is 1.63. The predicted octanol–water partition coefficient (Wildman–Crippen LogP) is 2.13. The van der Waals surface area contributed by atoms with E-state index >= 15 is 0 Å². The van der Waals surface area contributed by atoms with E-state index in [0.717, 1.165) is 32.0 Å². The lowest BCUT2D eigenvalue weighted by molar-refractivity contribution is 0.187. The summed E-state index contributed by atoms with van der Waals surface area (Å²) in [6.07, 6.45) is 2.98. The van der Waals surface area contributed by atoms with E-state index in [0.29, 0.717) is 5.92 Å². The second kappa shape index (κ2) is 4.93. The summed E-state index contributed by atoms with van der Waals surface area (Å²) < 4.78 is 6.48. The van der Waals surface area contributed by atoms with Gasteiger partial charge >= 0.3 is 0 Å². The number of ether oxygens (including phenoxy) is 1. The van der Waals surface area contributed by atoms with Crippen molar-refractivity contribution in [3.8, 4) is 0 Å². The fraction of sp³-hybridized carbons (Fsp3) is 0.500. The highest BCUT2D eigenvalue weighted by atomic mass is 127. The maximum Gasteiger partial charge on any atom is 0.139 e. The predicted molar refractivity (Wildman–Crippen MR) is 64.4 cm³/mol. The van der Waals surface area contributed by atoms with Gasteiger partial charge in [0.25, 0.3) is 0 Å². The van der Waals surface area contributed by atoms with Gasteiger partial charge in [-0.2, -0.15) is 0 Å². The van der Waals surface area contributed by atoms with Crippen LogP contribution in [0, 0.1) is 9.49 Å². The SMILES string of the molecule is Ic1cccnc1NCC1CCOC1. The first-order valence-electron chi connectivity index (χ1n) is 4.78. The van der Waals surface area contributed by atoms with Crippen molar-refractivity contribution in [2.75, 3.05) is 25.1 Å². The molecular weight excluding hydrogens is 291 g/mol. The second-order valence-electron chi connectivity index (χ2n) is 3.44. The smallest absolute Gasteiger partial charge is 0.139 e. The van der Waals surface area contributed by atoms with E-state index in [1.807, 2.05) is 12.3 Å². The number of nitrogens with zero attached hydrogens (tertiary/aromatic N) is 1. The molecule has 0 amide bonds. The van der Waals surface area contributed by atoms with Crippen LogP contribution in [0.1, 0.15) is 6.42 Å². The molecule has 0 radical (unpaired) electrons. The third kappa shape index (κ3) is 2.57. The molecule has 1 aromatic rings. The Morgan fingerprint density at radius 2 is 2.57 bits per heavy atom. The summed E-state index contributed by atoms with van der Waals surface area (Å²) in [5.41, 5.74) is 0. The Hall–Kier alpha value is -0.360. The number of anilines is 1. The molecule has 2 heterocycles. The Morgan fingerprint density at radius 3 is 3.29 bits per heavy atom. The van der Waals surface area contributed by atoms with Crippen molar-refractivity contribution in [3.05, 3.63) is 21.9 Å². The summed E-state index contributed by atoms with van der Waals surface area (Å²) in [4.78, 5) is 4.28. The molecule has 4 heteroatoms. The highest BCUT2D eigenvalue weighted by Crippen LogP contribution is 2.16. The van der Waals surface area contributed by atoms with Crippen LogP contribution in [-0.4, -0.2) is 24.7 Å². The average Bonchev–Trinajstić information content (AvgIpc) is 2.69. The third-order valence-corrected chi connectivity index (χ3v) is 3.21. The van der Waals surface area contributed by atoms with Crippen LogP contribution in [0.4, 0.5) is 5.82 Å². The largest absolute Gasteiger partial charge is 0.381 e. The van der Waals surface area contributed by atoms with Crippen molar-refractivity contribution >= 4 is 28.4 Å². The minimum atomic E-state index is 0.646. The standard InChI is InChI=1S/C10H13IN2O/c11-9-2-1-4-12-10(9)13-6-8-3-5-14-7-8/h1-2,4,8H,3,5-7H2,(H,12,13). The van der Waals surface area contributed by atoms with E-state index in [9.17, 15) is 0 Å². The number of hydrogen-bond acceptors (Lipinski definition) is 3. The summed E-state index contributed by atoms with van der Waals surface area (Å²) in [6, 6.07) is 4.01.